The lowest BCUT2D eigenvalue weighted by atomic mass is 9.98. The molecule has 1 saturated heterocycles. The summed E-state index contributed by atoms with van der Waals surface area (Å²) in [4.78, 5) is 46.0. The Balaban J connectivity index is 3.19. The Morgan fingerprint density at radius 2 is 1.45 bits per heavy atom. The van der Waals surface area contributed by atoms with E-state index in [2.05, 4.69) is 5.43 Å². The van der Waals surface area contributed by atoms with Crippen LogP contribution < -0.4 is 10.6 Å². The predicted octanol–water partition coefficient (Wildman–Crippen LogP) is -2.31. The van der Waals surface area contributed by atoms with Crippen molar-refractivity contribution in [1.82, 2.24) is 5.43 Å². The number of hydrazine groups is 1. The molecular weight excluding hydrogens is 394 g/mol. The van der Waals surface area contributed by atoms with Gasteiger partial charge in [-0.2, -0.15) is 10.8 Å². The van der Waals surface area contributed by atoms with Crippen molar-refractivity contribution >= 4 is 23.9 Å². The molecule has 5 atom stereocenters. The lowest BCUT2D eigenvalue weighted by molar-refractivity contribution is -0.549. The molecule has 5 unspecified atom stereocenters. The summed E-state index contributed by atoms with van der Waals surface area (Å²) in [6.07, 6.45) is -6.14. The van der Waals surface area contributed by atoms with E-state index in [1.54, 1.807) is 5.22 Å². The van der Waals surface area contributed by atoms with Gasteiger partial charge in [0.05, 0.1) is 6.61 Å². The zero-order valence-electron chi connectivity index (χ0n) is 16.5. The van der Waals surface area contributed by atoms with Gasteiger partial charge in [-0.1, -0.05) is 0 Å². The standard InChI is InChI=1S/C16H25N3O10/c1-8(20)25-7-12-13(26-9(2)21)14(27-10(3)22)15(28-11(4)23)16(29-12)24-6-5-18-19-17/h12-16,19H,5-7H2,1-4H3,(H-,17,18). The van der Waals surface area contributed by atoms with Gasteiger partial charge in [-0.25, -0.2) is 0 Å². The van der Waals surface area contributed by atoms with Crippen molar-refractivity contribution in [3.05, 3.63) is 5.53 Å². The number of carbonyl (C=O) groups is 4. The van der Waals surface area contributed by atoms with Crippen molar-refractivity contribution in [3.8, 4) is 0 Å². The second kappa shape index (κ2) is 11.9. The van der Waals surface area contributed by atoms with Crippen LogP contribution in [0, 0.1) is 0 Å². The van der Waals surface area contributed by atoms with Gasteiger partial charge in [-0.05, 0) is 0 Å². The number of esters is 4. The highest BCUT2D eigenvalue weighted by Crippen LogP contribution is 2.29. The van der Waals surface area contributed by atoms with Gasteiger partial charge >= 0.3 is 23.9 Å². The van der Waals surface area contributed by atoms with E-state index >= 15 is 0 Å². The molecular formula is C16H25N3O10. The molecule has 29 heavy (non-hydrogen) atoms. The average molecular weight is 419 g/mol. The van der Waals surface area contributed by atoms with E-state index in [1.807, 2.05) is 0 Å². The first kappa shape index (κ1) is 24.2. The lowest BCUT2D eigenvalue weighted by Crippen LogP contribution is -2.76. The fourth-order valence-corrected chi connectivity index (χ4v) is 2.60. The van der Waals surface area contributed by atoms with E-state index in [1.165, 1.54) is 6.92 Å². The molecule has 0 spiro atoms. The number of nitrogens with zero attached hydrogens (tertiary/aromatic N) is 1. The first-order valence-electron chi connectivity index (χ1n) is 8.69. The lowest BCUT2D eigenvalue weighted by Gasteiger charge is -2.44. The highest BCUT2D eigenvalue weighted by atomic mass is 16.7. The van der Waals surface area contributed by atoms with E-state index in [0.29, 0.717) is 0 Å². The molecule has 0 amide bonds. The van der Waals surface area contributed by atoms with Crippen molar-refractivity contribution < 1.29 is 52.8 Å². The molecule has 1 aliphatic rings. The largest absolute Gasteiger partial charge is 0.463 e. The Morgan fingerprint density at radius 1 is 0.897 bits per heavy atom. The number of hydrogen-bond acceptors (Lipinski definition) is 10. The minimum atomic E-state index is -1.29. The molecule has 13 heteroatoms. The molecule has 1 heterocycles. The van der Waals surface area contributed by atoms with Gasteiger partial charge in [0.15, 0.2) is 24.6 Å². The normalized spacial score (nSPS) is 26.0. The minimum absolute atomic E-state index is 0.0265. The van der Waals surface area contributed by atoms with E-state index in [4.69, 9.17) is 34.0 Å². The third kappa shape index (κ3) is 8.39. The van der Waals surface area contributed by atoms with Crippen LogP contribution in [0.15, 0.2) is 0 Å². The van der Waals surface area contributed by atoms with Crippen molar-refractivity contribution in [1.29, 1.82) is 0 Å². The number of nitrogens with one attached hydrogen (secondary N) is 2. The monoisotopic (exact) mass is 419 g/mol. The van der Waals surface area contributed by atoms with Crippen LogP contribution in [0.5, 0.6) is 0 Å². The smallest absolute Gasteiger partial charge is 0.303 e. The number of rotatable bonds is 10. The summed E-state index contributed by atoms with van der Waals surface area (Å²) >= 11 is 0. The fourth-order valence-electron chi connectivity index (χ4n) is 2.60. The van der Waals surface area contributed by atoms with Crippen LogP contribution in [-0.2, 0) is 47.6 Å². The second-order valence-electron chi connectivity index (χ2n) is 5.98. The second-order valence-corrected chi connectivity index (χ2v) is 5.98. The third-order valence-corrected chi connectivity index (χ3v) is 3.54. The minimum Gasteiger partial charge on any atom is -0.463 e. The van der Waals surface area contributed by atoms with Crippen LogP contribution in [0.4, 0.5) is 0 Å². The summed E-state index contributed by atoms with van der Waals surface area (Å²) in [5, 5.41) is 1.71. The Bertz CT molecular complexity index is 614. The fraction of sp³-hybridized carbons (Fsp3) is 0.750. The maximum absolute atomic E-state index is 11.6. The van der Waals surface area contributed by atoms with Crippen molar-refractivity contribution in [3.63, 3.8) is 0 Å². The molecule has 164 valence electrons. The Kier molecular flexibility index (Phi) is 9.96. The topological polar surface area (TPSA) is 172 Å². The number of hydrogen-bond donors (Lipinski definition) is 2. The van der Waals surface area contributed by atoms with E-state index in [9.17, 15) is 19.2 Å². The van der Waals surface area contributed by atoms with Crippen LogP contribution in [0.25, 0.3) is 5.53 Å². The quantitative estimate of drug-likeness (QED) is 0.128. The van der Waals surface area contributed by atoms with Gasteiger partial charge in [0.2, 0.25) is 0 Å². The van der Waals surface area contributed by atoms with Crippen molar-refractivity contribution in [2.75, 3.05) is 19.8 Å². The van der Waals surface area contributed by atoms with Crippen LogP contribution in [0.2, 0.25) is 0 Å². The summed E-state index contributed by atoms with van der Waals surface area (Å²) in [5.74, 6) is -2.79. The first-order chi connectivity index (χ1) is 13.6. The SMILES string of the molecule is CC(=O)OCC1OC(OCCN[NH+]=[N-])C(OC(C)=O)C(OC(C)=O)C1OC(C)=O. The van der Waals surface area contributed by atoms with Gasteiger partial charge in [0, 0.05) is 34.2 Å². The maximum atomic E-state index is 11.6. The molecule has 0 aromatic heterocycles. The number of carbonyl (C=O) groups excluding carboxylic acids is 4. The summed E-state index contributed by atoms with van der Waals surface area (Å²) in [6.45, 7) is 4.32. The molecule has 13 nitrogen and oxygen atoms in total. The maximum Gasteiger partial charge on any atom is 0.303 e. The predicted molar refractivity (Wildman–Crippen MR) is 90.2 cm³/mol. The molecule has 0 aliphatic carbocycles. The van der Waals surface area contributed by atoms with Gasteiger partial charge in [-0.15, -0.1) is 0 Å². The van der Waals surface area contributed by atoms with Crippen LogP contribution in [0.1, 0.15) is 27.7 Å². The molecule has 2 N–H and O–H groups in total. The molecule has 1 aliphatic heterocycles. The molecule has 0 saturated carbocycles. The molecule has 0 aromatic rings. The highest BCUT2D eigenvalue weighted by Gasteiger charge is 2.52. The van der Waals surface area contributed by atoms with E-state index in [-0.39, 0.29) is 19.8 Å². The van der Waals surface area contributed by atoms with Crippen LogP contribution >= 0.6 is 0 Å². The summed E-state index contributed by atoms with van der Waals surface area (Å²) in [6, 6.07) is 0. The van der Waals surface area contributed by atoms with Crippen molar-refractivity contribution in [2.24, 2.45) is 0 Å². The molecule has 1 rings (SSSR count). The van der Waals surface area contributed by atoms with E-state index < -0.39 is 54.6 Å². The first-order valence-corrected chi connectivity index (χ1v) is 8.69. The summed E-state index contributed by atoms with van der Waals surface area (Å²) in [7, 11) is 0. The Morgan fingerprint density at radius 3 is 1.97 bits per heavy atom. The number of ether oxygens (including phenoxy) is 6. The summed E-state index contributed by atoms with van der Waals surface area (Å²) in [5.41, 5.74) is 10.9. The average Bonchev–Trinajstić information content (AvgIpc) is 2.60. The zero-order valence-corrected chi connectivity index (χ0v) is 16.5. The molecule has 0 radical (unpaired) electrons. The van der Waals surface area contributed by atoms with Gasteiger partial charge in [0.1, 0.15) is 12.7 Å². The zero-order chi connectivity index (χ0) is 22.0. The van der Waals surface area contributed by atoms with Crippen LogP contribution in [-0.4, -0.2) is 74.3 Å². The third-order valence-electron chi connectivity index (χ3n) is 3.54. The van der Waals surface area contributed by atoms with Gasteiger partial charge in [0.25, 0.3) is 0 Å². The van der Waals surface area contributed by atoms with Crippen LogP contribution in [0.3, 0.4) is 0 Å². The van der Waals surface area contributed by atoms with Gasteiger partial charge < -0.3 is 28.4 Å². The van der Waals surface area contributed by atoms with Crippen molar-refractivity contribution in [2.45, 2.75) is 58.4 Å². The van der Waals surface area contributed by atoms with E-state index in [0.717, 1.165) is 20.8 Å². The molecule has 0 bridgehead atoms. The Labute approximate surface area is 166 Å². The molecule has 0 aromatic carbocycles. The van der Waals surface area contributed by atoms with Gasteiger partial charge in [-0.3, -0.25) is 24.6 Å². The molecule has 1 fully saturated rings. The summed E-state index contributed by atoms with van der Waals surface area (Å²) < 4.78 is 31.8. The Hall–Kier alpha value is -2.80. The highest BCUT2D eigenvalue weighted by molar-refractivity contribution is 5.68.